The van der Waals surface area contributed by atoms with Crippen molar-refractivity contribution in [3.8, 4) is 0 Å². The first-order valence-corrected chi connectivity index (χ1v) is 8.82. The van der Waals surface area contributed by atoms with Crippen LogP contribution in [0.4, 0.5) is 5.69 Å². The number of hydrogen-bond acceptors (Lipinski definition) is 3. The molecule has 0 atom stereocenters. The Kier molecular flexibility index (Phi) is 6.58. The maximum atomic E-state index is 12.2. The van der Waals surface area contributed by atoms with E-state index in [-0.39, 0.29) is 18.4 Å². The predicted molar refractivity (Wildman–Crippen MR) is 100 cm³/mol. The van der Waals surface area contributed by atoms with Crippen molar-refractivity contribution in [1.29, 1.82) is 0 Å². The summed E-state index contributed by atoms with van der Waals surface area (Å²) in [5.41, 5.74) is 1.57. The van der Waals surface area contributed by atoms with Gasteiger partial charge in [-0.2, -0.15) is 0 Å². The molecular formula is C18H19ClN2O2S. The van der Waals surface area contributed by atoms with Crippen molar-refractivity contribution >= 4 is 46.5 Å². The number of thiophene rings is 1. The summed E-state index contributed by atoms with van der Waals surface area (Å²) in [4.78, 5) is 26.9. The van der Waals surface area contributed by atoms with Gasteiger partial charge in [0, 0.05) is 28.2 Å². The van der Waals surface area contributed by atoms with Crippen molar-refractivity contribution in [1.82, 2.24) is 4.90 Å². The van der Waals surface area contributed by atoms with Crippen LogP contribution in [0.3, 0.4) is 0 Å². The molecule has 4 nitrogen and oxygen atoms in total. The van der Waals surface area contributed by atoms with Crippen LogP contribution in [0.1, 0.15) is 17.4 Å². The summed E-state index contributed by atoms with van der Waals surface area (Å²) in [5, 5.41) is 5.30. The Hall–Kier alpha value is -2.11. The molecule has 1 aromatic heterocycles. The second kappa shape index (κ2) is 8.66. The molecule has 0 radical (unpaired) electrons. The number of aryl methyl sites for hydroxylation is 1. The highest BCUT2D eigenvalue weighted by Crippen LogP contribution is 2.20. The number of nitrogens with one attached hydrogen (secondary N) is 1. The van der Waals surface area contributed by atoms with Gasteiger partial charge in [0.25, 0.3) is 0 Å². The summed E-state index contributed by atoms with van der Waals surface area (Å²) in [6.07, 6.45) is 3.25. The molecular weight excluding hydrogens is 344 g/mol. The molecule has 1 N–H and O–H groups in total. The Morgan fingerprint density at radius 3 is 2.79 bits per heavy atom. The molecule has 0 bridgehead atoms. The van der Waals surface area contributed by atoms with Crippen molar-refractivity contribution in [3.05, 3.63) is 57.3 Å². The van der Waals surface area contributed by atoms with Crippen LogP contribution in [0.5, 0.6) is 0 Å². The number of halogens is 1. The zero-order valence-electron chi connectivity index (χ0n) is 13.6. The van der Waals surface area contributed by atoms with Crippen molar-refractivity contribution in [2.24, 2.45) is 0 Å². The molecule has 2 aromatic rings. The van der Waals surface area contributed by atoms with Gasteiger partial charge in [-0.1, -0.05) is 23.7 Å². The van der Waals surface area contributed by atoms with Gasteiger partial charge >= 0.3 is 0 Å². The van der Waals surface area contributed by atoms with Gasteiger partial charge in [-0.05, 0) is 49.1 Å². The second-order valence-electron chi connectivity index (χ2n) is 5.21. The third kappa shape index (κ3) is 5.22. The summed E-state index contributed by atoms with van der Waals surface area (Å²) < 4.78 is 0. The molecule has 2 rings (SSSR count). The molecule has 1 aromatic carbocycles. The molecule has 0 saturated heterocycles. The molecule has 0 saturated carbocycles. The maximum absolute atomic E-state index is 12.2. The lowest BCUT2D eigenvalue weighted by molar-refractivity contribution is -0.130. The minimum Gasteiger partial charge on any atom is -0.330 e. The molecule has 1 heterocycles. The SMILES string of the molecule is CCN(CC(=O)Nc1cc(Cl)ccc1C)C(=O)/C=C/c1cccs1. The number of rotatable bonds is 6. The number of carbonyl (C=O) groups is 2. The van der Waals surface area contributed by atoms with E-state index >= 15 is 0 Å². The van der Waals surface area contributed by atoms with Gasteiger partial charge in [0.15, 0.2) is 0 Å². The first-order chi connectivity index (χ1) is 11.5. The fraction of sp³-hybridized carbons (Fsp3) is 0.222. The Bertz CT molecular complexity index is 741. The zero-order valence-corrected chi connectivity index (χ0v) is 15.2. The lowest BCUT2D eigenvalue weighted by Gasteiger charge is -2.19. The summed E-state index contributed by atoms with van der Waals surface area (Å²) >= 11 is 7.50. The van der Waals surface area contributed by atoms with Gasteiger partial charge < -0.3 is 10.2 Å². The van der Waals surface area contributed by atoms with E-state index in [1.165, 1.54) is 11.0 Å². The Labute approximate surface area is 150 Å². The van der Waals surface area contributed by atoms with Crippen molar-refractivity contribution in [3.63, 3.8) is 0 Å². The van der Waals surface area contributed by atoms with Crippen LogP contribution in [-0.4, -0.2) is 29.8 Å². The summed E-state index contributed by atoms with van der Waals surface area (Å²) in [6, 6.07) is 9.16. The third-order valence-corrected chi connectivity index (χ3v) is 4.51. The molecule has 0 unspecified atom stereocenters. The van der Waals surface area contributed by atoms with Gasteiger partial charge in [-0.3, -0.25) is 9.59 Å². The first-order valence-electron chi connectivity index (χ1n) is 7.56. The lowest BCUT2D eigenvalue weighted by Crippen LogP contribution is -2.37. The molecule has 0 aliphatic heterocycles. The van der Waals surface area contributed by atoms with Crippen LogP contribution in [0.2, 0.25) is 5.02 Å². The number of anilines is 1. The van der Waals surface area contributed by atoms with Gasteiger partial charge in [0.05, 0.1) is 0 Å². The Morgan fingerprint density at radius 2 is 2.12 bits per heavy atom. The van der Waals surface area contributed by atoms with Gasteiger partial charge in [-0.15, -0.1) is 11.3 Å². The highest BCUT2D eigenvalue weighted by Gasteiger charge is 2.14. The maximum Gasteiger partial charge on any atom is 0.247 e. The highest BCUT2D eigenvalue weighted by atomic mass is 35.5. The number of hydrogen-bond donors (Lipinski definition) is 1. The van der Waals surface area contributed by atoms with Crippen LogP contribution in [0.25, 0.3) is 6.08 Å². The lowest BCUT2D eigenvalue weighted by atomic mass is 10.2. The summed E-state index contributed by atoms with van der Waals surface area (Å²) in [6.45, 7) is 4.18. The van der Waals surface area contributed by atoms with E-state index in [4.69, 9.17) is 11.6 Å². The van der Waals surface area contributed by atoms with E-state index in [9.17, 15) is 9.59 Å². The van der Waals surface area contributed by atoms with Crippen molar-refractivity contribution in [2.45, 2.75) is 13.8 Å². The first kappa shape index (κ1) is 18.2. The minimum atomic E-state index is -0.250. The number of carbonyl (C=O) groups excluding carboxylic acids is 2. The second-order valence-corrected chi connectivity index (χ2v) is 6.62. The van der Waals surface area contributed by atoms with Gasteiger partial charge in [-0.25, -0.2) is 0 Å². The molecule has 0 aliphatic carbocycles. The van der Waals surface area contributed by atoms with Crippen molar-refractivity contribution in [2.75, 3.05) is 18.4 Å². The number of amides is 2. The summed E-state index contributed by atoms with van der Waals surface area (Å²) in [7, 11) is 0. The Balaban J connectivity index is 1.97. The minimum absolute atomic E-state index is 0.00390. The molecule has 126 valence electrons. The van der Waals surface area contributed by atoms with Crippen LogP contribution in [0, 0.1) is 6.92 Å². The van der Waals surface area contributed by atoms with Crippen molar-refractivity contribution < 1.29 is 9.59 Å². The average molecular weight is 363 g/mol. The number of likely N-dealkylation sites (N-methyl/N-ethyl adjacent to an activating group) is 1. The smallest absolute Gasteiger partial charge is 0.247 e. The van der Waals surface area contributed by atoms with Crippen LogP contribution < -0.4 is 5.32 Å². The number of benzene rings is 1. The topological polar surface area (TPSA) is 49.4 Å². The largest absolute Gasteiger partial charge is 0.330 e. The average Bonchev–Trinajstić information content (AvgIpc) is 3.07. The van der Waals surface area contributed by atoms with E-state index in [2.05, 4.69) is 5.32 Å². The van der Waals surface area contributed by atoms with E-state index in [0.717, 1.165) is 10.4 Å². The van der Waals surface area contributed by atoms with E-state index < -0.39 is 0 Å². The molecule has 24 heavy (non-hydrogen) atoms. The van der Waals surface area contributed by atoms with Crippen LogP contribution >= 0.6 is 22.9 Å². The summed E-state index contributed by atoms with van der Waals surface area (Å²) in [5.74, 6) is -0.441. The monoisotopic (exact) mass is 362 g/mol. The third-order valence-electron chi connectivity index (χ3n) is 3.43. The molecule has 0 aliphatic rings. The molecule has 6 heteroatoms. The molecule has 0 fully saturated rings. The van der Waals surface area contributed by atoms with Crippen LogP contribution in [-0.2, 0) is 9.59 Å². The number of nitrogens with zero attached hydrogens (tertiary/aromatic N) is 1. The van der Waals surface area contributed by atoms with E-state index in [1.807, 2.05) is 37.4 Å². The highest BCUT2D eigenvalue weighted by molar-refractivity contribution is 7.10. The standard InChI is InChI=1S/C18H19ClN2O2S/c1-3-21(18(23)9-8-15-5-4-10-24-15)12-17(22)20-16-11-14(19)7-6-13(16)2/h4-11H,3,12H2,1-2H3,(H,20,22)/b9-8+. The fourth-order valence-electron chi connectivity index (χ4n) is 2.08. The van der Waals surface area contributed by atoms with E-state index in [1.54, 1.807) is 29.5 Å². The predicted octanol–water partition coefficient (Wildman–Crippen LogP) is 4.21. The van der Waals surface area contributed by atoms with E-state index in [0.29, 0.717) is 17.3 Å². The Morgan fingerprint density at radius 1 is 1.33 bits per heavy atom. The normalized spacial score (nSPS) is 10.8. The zero-order chi connectivity index (χ0) is 17.5. The van der Waals surface area contributed by atoms with Crippen LogP contribution in [0.15, 0.2) is 41.8 Å². The molecule has 2 amide bonds. The van der Waals surface area contributed by atoms with Gasteiger partial charge in [0.2, 0.25) is 11.8 Å². The quantitative estimate of drug-likeness (QED) is 0.782. The molecule has 0 spiro atoms. The van der Waals surface area contributed by atoms with Gasteiger partial charge in [0.1, 0.15) is 6.54 Å². The fourth-order valence-corrected chi connectivity index (χ4v) is 2.87.